The summed E-state index contributed by atoms with van der Waals surface area (Å²) in [5.41, 5.74) is 10.4. The maximum Gasteiger partial charge on any atom is 0.0701 e. The predicted octanol–water partition coefficient (Wildman–Crippen LogP) is 4.83. The fourth-order valence-electron chi connectivity index (χ4n) is 2.55. The summed E-state index contributed by atoms with van der Waals surface area (Å²) < 4.78 is 1.15. The highest BCUT2D eigenvalue weighted by molar-refractivity contribution is 9.11. The summed E-state index contributed by atoms with van der Waals surface area (Å²) >= 11 is 5.21. The molecule has 2 N–H and O–H groups in total. The van der Waals surface area contributed by atoms with Crippen molar-refractivity contribution in [1.29, 1.82) is 0 Å². The van der Waals surface area contributed by atoms with Gasteiger partial charge in [0.05, 0.1) is 9.83 Å². The predicted molar refractivity (Wildman–Crippen MR) is 81.1 cm³/mol. The van der Waals surface area contributed by atoms with Crippen LogP contribution >= 0.6 is 27.3 Å². The molecule has 1 saturated carbocycles. The van der Waals surface area contributed by atoms with Crippen LogP contribution in [0, 0.1) is 0 Å². The van der Waals surface area contributed by atoms with Crippen LogP contribution < -0.4 is 5.73 Å². The molecule has 3 rings (SSSR count). The number of hydrogen-bond donors (Lipinski definition) is 1. The first kappa shape index (κ1) is 12.4. The molecule has 18 heavy (non-hydrogen) atoms. The number of benzene rings is 1. The van der Waals surface area contributed by atoms with Crippen LogP contribution in [0.2, 0.25) is 0 Å². The van der Waals surface area contributed by atoms with E-state index in [-0.39, 0.29) is 6.04 Å². The highest BCUT2D eigenvalue weighted by Crippen LogP contribution is 2.40. The molecule has 0 amide bonds. The van der Waals surface area contributed by atoms with Gasteiger partial charge >= 0.3 is 0 Å². The van der Waals surface area contributed by atoms with Crippen LogP contribution in [0.25, 0.3) is 0 Å². The molecule has 1 unspecified atom stereocenters. The fraction of sp³-hybridized carbons (Fsp3) is 0.333. The van der Waals surface area contributed by atoms with Gasteiger partial charge in [0, 0.05) is 0 Å². The zero-order chi connectivity index (χ0) is 12.5. The Morgan fingerprint density at radius 2 is 2.06 bits per heavy atom. The highest BCUT2D eigenvalue weighted by atomic mass is 79.9. The van der Waals surface area contributed by atoms with Crippen LogP contribution in [-0.4, -0.2) is 0 Å². The van der Waals surface area contributed by atoms with Gasteiger partial charge in [0.2, 0.25) is 0 Å². The van der Waals surface area contributed by atoms with E-state index in [1.807, 2.05) is 0 Å². The smallest absolute Gasteiger partial charge is 0.0701 e. The fourth-order valence-corrected chi connectivity index (χ4v) is 3.76. The molecule has 0 bridgehead atoms. The van der Waals surface area contributed by atoms with E-state index in [0.29, 0.717) is 0 Å². The number of rotatable bonds is 3. The minimum atomic E-state index is 0.00403. The standard InChI is InChI=1S/C15H16BrNS/c16-14-8-11(9-18-14)15(17)13-7-2-1-6-12(13)10-4-3-5-10/h1-2,6-10,15H,3-5,17H2. The molecule has 1 aromatic carbocycles. The van der Waals surface area contributed by atoms with Crippen molar-refractivity contribution in [2.75, 3.05) is 0 Å². The highest BCUT2D eigenvalue weighted by Gasteiger charge is 2.24. The first-order chi connectivity index (χ1) is 8.75. The Bertz CT molecular complexity index is 545. The van der Waals surface area contributed by atoms with Crippen molar-refractivity contribution >= 4 is 27.3 Å². The number of thiophene rings is 1. The molecule has 1 atom stereocenters. The van der Waals surface area contributed by atoms with E-state index in [1.165, 1.54) is 36.0 Å². The lowest BCUT2D eigenvalue weighted by molar-refractivity contribution is 0.416. The zero-order valence-corrected chi connectivity index (χ0v) is 12.5. The SMILES string of the molecule is NC(c1csc(Br)c1)c1ccccc1C1CCC1. The molecular formula is C15H16BrNS. The Morgan fingerprint density at radius 3 is 2.67 bits per heavy atom. The normalized spacial score (nSPS) is 17.4. The summed E-state index contributed by atoms with van der Waals surface area (Å²) in [5.74, 6) is 0.731. The van der Waals surface area contributed by atoms with Gasteiger partial charge in [0.25, 0.3) is 0 Å². The Kier molecular flexibility index (Phi) is 3.55. The third-order valence-electron chi connectivity index (χ3n) is 3.82. The number of halogens is 1. The largest absolute Gasteiger partial charge is 0.320 e. The lowest BCUT2D eigenvalue weighted by Gasteiger charge is -2.29. The lowest BCUT2D eigenvalue weighted by atomic mass is 9.77. The van der Waals surface area contributed by atoms with Crippen molar-refractivity contribution in [3.63, 3.8) is 0 Å². The number of nitrogens with two attached hydrogens (primary N) is 1. The summed E-state index contributed by atoms with van der Waals surface area (Å²) in [4.78, 5) is 0. The van der Waals surface area contributed by atoms with E-state index in [9.17, 15) is 0 Å². The molecule has 1 heterocycles. The van der Waals surface area contributed by atoms with E-state index < -0.39 is 0 Å². The van der Waals surface area contributed by atoms with E-state index in [2.05, 4.69) is 51.6 Å². The van der Waals surface area contributed by atoms with Gasteiger partial charge in [-0.15, -0.1) is 11.3 Å². The van der Waals surface area contributed by atoms with Gasteiger partial charge in [-0.1, -0.05) is 30.7 Å². The van der Waals surface area contributed by atoms with Crippen molar-refractivity contribution < 1.29 is 0 Å². The van der Waals surface area contributed by atoms with Crippen LogP contribution in [0.5, 0.6) is 0 Å². The van der Waals surface area contributed by atoms with E-state index in [0.717, 1.165) is 9.70 Å². The molecule has 0 aliphatic heterocycles. The third kappa shape index (κ3) is 2.27. The van der Waals surface area contributed by atoms with Gasteiger partial charge in [0.15, 0.2) is 0 Å². The summed E-state index contributed by atoms with van der Waals surface area (Å²) in [6.45, 7) is 0. The number of hydrogen-bond acceptors (Lipinski definition) is 2. The molecule has 94 valence electrons. The summed E-state index contributed by atoms with van der Waals surface area (Å²) in [6.07, 6.45) is 3.99. The Labute approximate surface area is 120 Å². The quantitative estimate of drug-likeness (QED) is 0.861. The molecule has 1 fully saturated rings. The maximum absolute atomic E-state index is 6.43. The van der Waals surface area contributed by atoms with E-state index in [1.54, 1.807) is 11.3 Å². The van der Waals surface area contributed by atoms with Crippen LogP contribution in [0.4, 0.5) is 0 Å². The van der Waals surface area contributed by atoms with Gasteiger partial charge in [-0.3, -0.25) is 0 Å². The Balaban J connectivity index is 1.95. The van der Waals surface area contributed by atoms with Crippen molar-refractivity contribution in [2.45, 2.75) is 31.2 Å². The van der Waals surface area contributed by atoms with Gasteiger partial charge in [-0.2, -0.15) is 0 Å². The van der Waals surface area contributed by atoms with Crippen LogP contribution in [0.1, 0.15) is 47.9 Å². The molecular weight excluding hydrogens is 306 g/mol. The molecule has 3 heteroatoms. The minimum absolute atomic E-state index is 0.00403. The van der Waals surface area contributed by atoms with Gasteiger partial charge < -0.3 is 5.73 Å². The lowest BCUT2D eigenvalue weighted by Crippen LogP contribution is -2.17. The van der Waals surface area contributed by atoms with Gasteiger partial charge in [0.1, 0.15) is 0 Å². The second kappa shape index (κ2) is 5.16. The first-order valence-electron chi connectivity index (χ1n) is 6.34. The summed E-state index contributed by atoms with van der Waals surface area (Å²) in [6, 6.07) is 10.8. The monoisotopic (exact) mass is 321 g/mol. The van der Waals surface area contributed by atoms with Gasteiger partial charge in [-0.05, 0) is 62.8 Å². The van der Waals surface area contributed by atoms with Crippen molar-refractivity contribution in [1.82, 2.24) is 0 Å². The molecule has 2 aromatic rings. The summed E-state index contributed by atoms with van der Waals surface area (Å²) in [7, 11) is 0. The summed E-state index contributed by atoms with van der Waals surface area (Å²) in [5, 5.41) is 2.15. The zero-order valence-electron chi connectivity index (χ0n) is 10.1. The average Bonchev–Trinajstić information content (AvgIpc) is 2.74. The molecule has 0 spiro atoms. The van der Waals surface area contributed by atoms with Crippen LogP contribution in [-0.2, 0) is 0 Å². The maximum atomic E-state index is 6.43. The van der Waals surface area contributed by atoms with Crippen LogP contribution in [0.3, 0.4) is 0 Å². The minimum Gasteiger partial charge on any atom is -0.320 e. The van der Waals surface area contributed by atoms with Crippen molar-refractivity contribution in [3.05, 3.63) is 56.2 Å². The van der Waals surface area contributed by atoms with Crippen molar-refractivity contribution in [3.8, 4) is 0 Å². The Hall–Kier alpha value is -0.640. The molecule has 1 aromatic heterocycles. The molecule has 0 saturated heterocycles. The molecule has 1 aliphatic carbocycles. The molecule has 1 nitrogen and oxygen atoms in total. The van der Waals surface area contributed by atoms with E-state index in [4.69, 9.17) is 5.73 Å². The first-order valence-corrected chi connectivity index (χ1v) is 8.01. The topological polar surface area (TPSA) is 26.0 Å². The average molecular weight is 322 g/mol. The van der Waals surface area contributed by atoms with Gasteiger partial charge in [-0.25, -0.2) is 0 Å². The van der Waals surface area contributed by atoms with E-state index >= 15 is 0 Å². The second-order valence-corrected chi connectivity index (χ2v) is 7.21. The molecule has 1 aliphatic rings. The molecule has 0 radical (unpaired) electrons. The van der Waals surface area contributed by atoms with Crippen LogP contribution in [0.15, 0.2) is 39.5 Å². The second-order valence-electron chi connectivity index (χ2n) is 4.92. The third-order valence-corrected chi connectivity index (χ3v) is 5.35. The van der Waals surface area contributed by atoms with Crippen molar-refractivity contribution in [2.24, 2.45) is 5.73 Å². The Morgan fingerprint density at radius 1 is 1.28 bits per heavy atom.